The van der Waals surface area contributed by atoms with E-state index in [4.69, 9.17) is 14.7 Å². The van der Waals surface area contributed by atoms with E-state index in [1.807, 2.05) is 12.1 Å². The van der Waals surface area contributed by atoms with Gasteiger partial charge in [0, 0.05) is 6.54 Å². The third kappa shape index (κ3) is 2.93. The Morgan fingerprint density at radius 1 is 1.17 bits per heavy atom. The summed E-state index contributed by atoms with van der Waals surface area (Å²) >= 11 is 0. The Kier molecular flexibility index (Phi) is 4.68. The summed E-state index contributed by atoms with van der Waals surface area (Å²) in [6.45, 7) is 1.08. The van der Waals surface area contributed by atoms with Crippen molar-refractivity contribution in [3.05, 3.63) is 58.9 Å². The van der Waals surface area contributed by atoms with Gasteiger partial charge in [0.15, 0.2) is 11.5 Å². The van der Waals surface area contributed by atoms with E-state index in [1.54, 1.807) is 26.4 Å². The molecule has 2 aromatic carbocycles. The van der Waals surface area contributed by atoms with Gasteiger partial charge in [-0.15, -0.1) is 0 Å². The molecule has 1 aliphatic rings. The molecule has 0 bridgehead atoms. The lowest BCUT2D eigenvalue weighted by Gasteiger charge is -2.36. The number of nitrogens with zero attached hydrogens (tertiary/aromatic N) is 2. The Morgan fingerprint density at radius 2 is 1.83 bits per heavy atom. The average Bonchev–Trinajstić information content (AvgIpc) is 2.61. The third-order valence-corrected chi connectivity index (χ3v) is 4.43. The largest absolute Gasteiger partial charge is 0.493 e. The standard InChI is InChI=1S/C19H19FN2O2/c1-23-17-11-14-7-9-22(10-8-21)19(16(14)12-18(17)24-2)13-3-5-15(20)6-4-13/h3-6,11-12,19H,7,9-10H2,1-2H3. The van der Waals surface area contributed by atoms with E-state index >= 15 is 0 Å². The van der Waals surface area contributed by atoms with E-state index in [0.717, 1.165) is 29.7 Å². The second-order valence-electron chi connectivity index (χ2n) is 5.74. The predicted octanol–water partition coefficient (Wildman–Crippen LogP) is 3.31. The Hall–Kier alpha value is -2.58. The lowest BCUT2D eigenvalue weighted by molar-refractivity contribution is 0.238. The van der Waals surface area contributed by atoms with Crippen LogP contribution in [0.4, 0.5) is 4.39 Å². The molecular formula is C19H19FN2O2. The topological polar surface area (TPSA) is 45.5 Å². The fraction of sp³-hybridized carbons (Fsp3) is 0.316. The molecule has 0 radical (unpaired) electrons. The summed E-state index contributed by atoms with van der Waals surface area (Å²) in [4.78, 5) is 2.10. The Labute approximate surface area is 141 Å². The number of halogens is 1. The Bertz CT molecular complexity index is 768. The minimum absolute atomic E-state index is 0.103. The van der Waals surface area contributed by atoms with E-state index in [-0.39, 0.29) is 11.9 Å². The summed E-state index contributed by atoms with van der Waals surface area (Å²) in [7, 11) is 3.22. The zero-order valence-electron chi connectivity index (χ0n) is 13.8. The molecule has 0 aromatic heterocycles. The van der Waals surface area contributed by atoms with Crippen molar-refractivity contribution in [2.75, 3.05) is 27.3 Å². The summed E-state index contributed by atoms with van der Waals surface area (Å²) in [6, 6.07) is 12.5. The van der Waals surface area contributed by atoms with Gasteiger partial charge < -0.3 is 9.47 Å². The smallest absolute Gasteiger partial charge is 0.161 e. The second-order valence-corrected chi connectivity index (χ2v) is 5.74. The highest BCUT2D eigenvalue weighted by atomic mass is 19.1. The molecule has 124 valence electrons. The first-order chi connectivity index (χ1) is 11.7. The Morgan fingerprint density at radius 3 is 2.46 bits per heavy atom. The lowest BCUT2D eigenvalue weighted by Crippen LogP contribution is -2.36. The van der Waals surface area contributed by atoms with E-state index in [9.17, 15) is 4.39 Å². The van der Waals surface area contributed by atoms with E-state index in [0.29, 0.717) is 18.0 Å². The average molecular weight is 326 g/mol. The molecule has 1 atom stereocenters. The molecule has 0 saturated carbocycles. The molecule has 0 amide bonds. The lowest BCUT2D eigenvalue weighted by atomic mass is 9.87. The molecule has 0 N–H and O–H groups in total. The maximum Gasteiger partial charge on any atom is 0.161 e. The first-order valence-corrected chi connectivity index (χ1v) is 7.79. The van der Waals surface area contributed by atoms with E-state index in [1.165, 1.54) is 12.1 Å². The molecule has 4 nitrogen and oxygen atoms in total. The van der Waals surface area contributed by atoms with Crippen molar-refractivity contribution in [1.29, 1.82) is 5.26 Å². The van der Waals surface area contributed by atoms with Gasteiger partial charge >= 0.3 is 0 Å². The minimum atomic E-state index is -0.270. The number of rotatable bonds is 4. The van der Waals surface area contributed by atoms with Crippen LogP contribution in [0.1, 0.15) is 22.7 Å². The highest BCUT2D eigenvalue weighted by molar-refractivity contribution is 5.51. The summed E-state index contributed by atoms with van der Waals surface area (Å²) in [5, 5.41) is 9.16. The SMILES string of the molecule is COc1cc2c(cc1OC)C(c1ccc(F)cc1)N(CC#N)CC2. The summed E-state index contributed by atoms with van der Waals surface area (Å²) in [6.07, 6.45) is 0.828. The van der Waals surface area contributed by atoms with Crippen LogP contribution in [0.5, 0.6) is 11.5 Å². The normalized spacial score (nSPS) is 17.0. The van der Waals surface area contributed by atoms with Crippen molar-refractivity contribution in [3.63, 3.8) is 0 Å². The van der Waals surface area contributed by atoms with Crippen LogP contribution in [0.15, 0.2) is 36.4 Å². The number of hydrogen-bond acceptors (Lipinski definition) is 4. The van der Waals surface area contributed by atoms with Crippen molar-refractivity contribution in [1.82, 2.24) is 4.90 Å². The van der Waals surface area contributed by atoms with Crippen LogP contribution in [0.2, 0.25) is 0 Å². The molecule has 5 heteroatoms. The molecule has 24 heavy (non-hydrogen) atoms. The van der Waals surface area contributed by atoms with Gasteiger partial charge in [0.2, 0.25) is 0 Å². The fourth-order valence-electron chi connectivity index (χ4n) is 3.29. The molecule has 0 saturated heterocycles. The van der Waals surface area contributed by atoms with Crippen LogP contribution in [0, 0.1) is 17.1 Å². The first-order valence-electron chi connectivity index (χ1n) is 7.79. The summed E-state index contributed by atoms with van der Waals surface area (Å²) in [5.41, 5.74) is 3.19. The van der Waals surface area contributed by atoms with E-state index < -0.39 is 0 Å². The second kappa shape index (κ2) is 6.90. The fourth-order valence-corrected chi connectivity index (χ4v) is 3.29. The van der Waals surface area contributed by atoms with Crippen LogP contribution in [-0.4, -0.2) is 32.2 Å². The van der Waals surface area contributed by atoms with Gasteiger partial charge in [0.1, 0.15) is 5.82 Å². The van der Waals surface area contributed by atoms with Crippen LogP contribution in [-0.2, 0) is 6.42 Å². The van der Waals surface area contributed by atoms with Crippen molar-refractivity contribution in [2.45, 2.75) is 12.5 Å². The summed E-state index contributed by atoms with van der Waals surface area (Å²) in [5.74, 6) is 1.08. The monoisotopic (exact) mass is 326 g/mol. The molecule has 3 rings (SSSR count). The van der Waals surface area contributed by atoms with E-state index in [2.05, 4.69) is 11.0 Å². The Balaban J connectivity index is 2.13. The van der Waals surface area contributed by atoms with Gasteiger partial charge in [0.25, 0.3) is 0 Å². The zero-order valence-corrected chi connectivity index (χ0v) is 13.8. The number of ether oxygens (including phenoxy) is 2. The third-order valence-electron chi connectivity index (χ3n) is 4.43. The molecule has 2 aromatic rings. The van der Waals surface area contributed by atoms with Gasteiger partial charge in [-0.05, 0) is 47.4 Å². The molecular weight excluding hydrogens is 307 g/mol. The van der Waals surface area contributed by atoms with Crippen molar-refractivity contribution in [2.24, 2.45) is 0 Å². The van der Waals surface area contributed by atoms with Crippen LogP contribution >= 0.6 is 0 Å². The quantitative estimate of drug-likeness (QED) is 0.809. The molecule has 1 heterocycles. The molecule has 1 unspecified atom stereocenters. The molecule has 0 aliphatic carbocycles. The van der Waals surface area contributed by atoms with Gasteiger partial charge in [-0.25, -0.2) is 4.39 Å². The van der Waals surface area contributed by atoms with Gasteiger partial charge in [0.05, 0.1) is 32.9 Å². The van der Waals surface area contributed by atoms with Crippen molar-refractivity contribution >= 4 is 0 Å². The minimum Gasteiger partial charge on any atom is -0.493 e. The van der Waals surface area contributed by atoms with Gasteiger partial charge in [-0.3, -0.25) is 4.90 Å². The van der Waals surface area contributed by atoms with Crippen LogP contribution in [0.25, 0.3) is 0 Å². The van der Waals surface area contributed by atoms with Gasteiger partial charge in [-0.2, -0.15) is 5.26 Å². The van der Waals surface area contributed by atoms with Crippen LogP contribution < -0.4 is 9.47 Å². The van der Waals surface area contributed by atoms with Gasteiger partial charge in [-0.1, -0.05) is 12.1 Å². The van der Waals surface area contributed by atoms with Crippen molar-refractivity contribution < 1.29 is 13.9 Å². The predicted molar refractivity (Wildman–Crippen MR) is 88.7 cm³/mol. The molecule has 0 spiro atoms. The zero-order chi connectivity index (χ0) is 17.1. The number of methoxy groups -OCH3 is 2. The number of benzene rings is 2. The number of nitriles is 1. The highest BCUT2D eigenvalue weighted by Crippen LogP contribution is 2.40. The first kappa shape index (κ1) is 16.3. The van der Waals surface area contributed by atoms with Crippen LogP contribution in [0.3, 0.4) is 0 Å². The highest BCUT2D eigenvalue weighted by Gasteiger charge is 2.30. The maximum atomic E-state index is 13.3. The number of hydrogen-bond donors (Lipinski definition) is 0. The summed E-state index contributed by atoms with van der Waals surface area (Å²) < 4.78 is 24.1. The number of fused-ring (bicyclic) bond motifs is 1. The maximum absolute atomic E-state index is 13.3. The molecule has 1 aliphatic heterocycles. The van der Waals surface area contributed by atoms with Crippen molar-refractivity contribution in [3.8, 4) is 17.6 Å². The molecule has 0 fully saturated rings.